The Labute approximate surface area is 94.6 Å². The molecular weight excluding hydrogens is 210 g/mol. The minimum atomic E-state index is -2.94. The maximum Gasteiger partial charge on any atom is 0.154 e. The van der Waals surface area contributed by atoms with Crippen LogP contribution in [0.5, 0.6) is 0 Å². The fourth-order valence-corrected chi connectivity index (χ4v) is 2.65. The second-order valence-corrected chi connectivity index (χ2v) is 7.28. The van der Waals surface area contributed by atoms with Crippen molar-refractivity contribution in [3.8, 4) is 0 Å². The van der Waals surface area contributed by atoms with Gasteiger partial charge in [0.05, 0.1) is 11.0 Å². The van der Waals surface area contributed by atoms with Crippen molar-refractivity contribution >= 4 is 9.84 Å². The fourth-order valence-electron chi connectivity index (χ4n) is 1.26. The third-order valence-corrected chi connectivity index (χ3v) is 4.85. The molecule has 0 aromatic heterocycles. The molecule has 92 valence electrons. The van der Waals surface area contributed by atoms with Gasteiger partial charge in [0, 0.05) is 6.04 Å². The Bertz CT molecular complexity index is 258. The smallest absolute Gasteiger partial charge is 0.154 e. The van der Waals surface area contributed by atoms with Crippen LogP contribution in [-0.4, -0.2) is 32.0 Å². The van der Waals surface area contributed by atoms with Crippen LogP contribution in [0.4, 0.5) is 0 Å². The van der Waals surface area contributed by atoms with Gasteiger partial charge < -0.3 is 5.32 Å². The minimum absolute atomic E-state index is 0.0809. The summed E-state index contributed by atoms with van der Waals surface area (Å²) in [6.45, 7) is 10.6. The Morgan fingerprint density at radius 2 is 1.67 bits per heavy atom. The summed E-state index contributed by atoms with van der Waals surface area (Å²) in [5.41, 5.74) is 0. The summed E-state index contributed by atoms with van der Waals surface area (Å²) in [7, 11) is -2.94. The van der Waals surface area contributed by atoms with E-state index in [1.165, 1.54) is 0 Å². The van der Waals surface area contributed by atoms with Gasteiger partial charge in [-0.15, -0.1) is 0 Å². The van der Waals surface area contributed by atoms with Gasteiger partial charge in [-0.1, -0.05) is 20.8 Å². The fraction of sp³-hybridized carbons (Fsp3) is 1.00. The molecule has 0 rings (SSSR count). The van der Waals surface area contributed by atoms with Crippen molar-refractivity contribution in [3.63, 3.8) is 0 Å². The second-order valence-electron chi connectivity index (χ2n) is 4.68. The zero-order valence-electron chi connectivity index (χ0n) is 10.6. The highest BCUT2D eigenvalue weighted by molar-refractivity contribution is 7.92. The first kappa shape index (κ1) is 14.9. The van der Waals surface area contributed by atoms with E-state index >= 15 is 0 Å². The minimum Gasteiger partial charge on any atom is -0.313 e. The molecule has 0 radical (unpaired) electrons. The third kappa shape index (κ3) is 5.52. The number of hydrogen-bond acceptors (Lipinski definition) is 3. The lowest BCUT2D eigenvalue weighted by Crippen LogP contribution is -2.41. The van der Waals surface area contributed by atoms with Crippen LogP contribution < -0.4 is 5.32 Å². The SMILES string of the molecule is CCCNC(CS(=O)(=O)C(C)C)C(C)C. The largest absolute Gasteiger partial charge is 0.313 e. The van der Waals surface area contributed by atoms with Crippen LogP contribution in [0.1, 0.15) is 41.0 Å². The van der Waals surface area contributed by atoms with Crippen LogP contribution >= 0.6 is 0 Å². The Balaban J connectivity index is 4.41. The van der Waals surface area contributed by atoms with Gasteiger partial charge in [-0.3, -0.25) is 0 Å². The molecule has 0 aromatic carbocycles. The van der Waals surface area contributed by atoms with Gasteiger partial charge in [-0.2, -0.15) is 0 Å². The van der Waals surface area contributed by atoms with Gasteiger partial charge in [0.15, 0.2) is 9.84 Å². The van der Waals surface area contributed by atoms with E-state index in [0.29, 0.717) is 5.92 Å². The van der Waals surface area contributed by atoms with Crippen LogP contribution in [0.15, 0.2) is 0 Å². The van der Waals surface area contributed by atoms with Crippen LogP contribution in [-0.2, 0) is 9.84 Å². The molecule has 0 fully saturated rings. The van der Waals surface area contributed by atoms with Gasteiger partial charge in [0.1, 0.15) is 0 Å². The van der Waals surface area contributed by atoms with Crippen molar-refractivity contribution < 1.29 is 8.42 Å². The molecule has 1 atom stereocenters. The Morgan fingerprint density at radius 3 is 2.00 bits per heavy atom. The van der Waals surface area contributed by atoms with Gasteiger partial charge in [0.25, 0.3) is 0 Å². The summed E-state index contributed by atoms with van der Waals surface area (Å²) in [5.74, 6) is 0.604. The van der Waals surface area contributed by atoms with E-state index in [4.69, 9.17) is 0 Å². The van der Waals surface area contributed by atoms with Crippen molar-refractivity contribution in [1.82, 2.24) is 5.32 Å². The van der Waals surface area contributed by atoms with Gasteiger partial charge in [0.2, 0.25) is 0 Å². The average Bonchev–Trinajstić information content (AvgIpc) is 2.11. The molecule has 1 unspecified atom stereocenters. The highest BCUT2D eigenvalue weighted by Gasteiger charge is 2.23. The third-order valence-electron chi connectivity index (χ3n) is 2.59. The molecule has 0 amide bonds. The van der Waals surface area contributed by atoms with Gasteiger partial charge >= 0.3 is 0 Å². The van der Waals surface area contributed by atoms with Crippen LogP contribution in [0.2, 0.25) is 0 Å². The molecule has 4 heteroatoms. The topological polar surface area (TPSA) is 46.2 Å². The zero-order valence-corrected chi connectivity index (χ0v) is 11.4. The molecule has 0 aromatic rings. The number of hydrogen-bond donors (Lipinski definition) is 1. The normalized spacial score (nSPS) is 14.9. The lowest BCUT2D eigenvalue weighted by atomic mass is 10.1. The predicted molar refractivity (Wildman–Crippen MR) is 65.8 cm³/mol. The molecule has 1 N–H and O–H groups in total. The predicted octanol–water partition coefficient (Wildman–Crippen LogP) is 1.83. The summed E-state index contributed by atoms with van der Waals surface area (Å²) in [5, 5.41) is 3.02. The second kappa shape index (κ2) is 6.48. The first-order chi connectivity index (χ1) is 6.81. The Hall–Kier alpha value is -0.0900. The first-order valence-corrected chi connectivity index (χ1v) is 7.47. The molecule has 0 spiro atoms. The Morgan fingerprint density at radius 1 is 1.13 bits per heavy atom. The molecule has 0 aliphatic heterocycles. The number of nitrogens with one attached hydrogen (secondary N) is 1. The van der Waals surface area contributed by atoms with E-state index in [1.54, 1.807) is 13.8 Å². The molecule has 0 saturated heterocycles. The van der Waals surface area contributed by atoms with E-state index in [1.807, 2.05) is 0 Å². The molecular formula is C11H25NO2S. The summed E-state index contributed by atoms with van der Waals surface area (Å²) in [6.07, 6.45) is 1.03. The van der Waals surface area contributed by atoms with Crippen molar-refractivity contribution in [1.29, 1.82) is 0 Å². The van der Waals surface area contributed by atoms with Crippen LogP contribution in [0, 0.1) is 5.92 Å². The van der Waals surface area contributed by atoms with Gasteiger partial charge in [-0.05, 0) is 32.7 Å². The first-order valence-electron chi connectivity index (χ1n) is 5.76. The lowest BCUT2D eigenvalue weighted by Gasteiger charge is -2.23. The molecule has 3 nitrogen and oxygen atoms in total. The standard InChI is InChI=1S/C11H25NO2S/c1-6-7-12-11(9(2)3)8-15(13,14)10(4)5/h9-12H,6-8H2,1-5H3. The average molecular weight is 235 g/mol. The summed E-state index contributed by atoms with van der Waals surface area (Å²) >= 11 is 0. The molecule has 0 aliphatic rings. The Kier molecular flexibility index (Phi) is 6.44. The molecule has 0 saturated carbocycles. The van der Waals surface area contributed by atoms with Crippen molar-refractivity contribution in [3.05, 3.63) is 0 Å². The molecule has 0 heterocycles. The van der Waals surface area contributed by atoms with Crippen LogP contribution in [0.3, 0.4) is 0 Å². The van der Waals surface area contributed by atoms with E-state index in [2.05, 4.69) is 26.1 Å². The van der Waals surface area contributed by atoms with Crippen LogP contribution in [0.25, 0.3) is 0 Å². The number of sulfone groups is 1. The number of rotatable bonds is 7. The summed E-state index contributed by atoms with van der Waals surface area (Å²) in [6, 6.07) is 0.0809. The van der Waals surface area contributed by atoms with Gasteiger partial charge in [-0.25, -0.2) is 8.42 Å². The monoisotopic (exact) mass is 235 g/mol. The zero-order chi connectivity index (χ0) is 12.1. The van der Waals surface area contributed by atoms with E-state index < -0.39 is 9.84 Å². The molecule has 0 aliphatic carbocycles. The molecule has 15 heavy (non-hydrogen) atoms. The summed E-state index contributed by atoms with van der Waals surface area (Å²) < 4.78 is 23.5. The maximum absolute atomic E-state index is 11.8. The highest BCUT2D eigenvalue weighted by atomic mass is 32.2. The molecule has 0 bridgehead atoms. The summed E-state index contributed by atoms with van der Waals surface area (Å²) in [4.78, 5) is 0. The van der Waals surface area contributed by atoms with Crippen molar-refractivity contribution in [2.75, 3.05) is 12.3 Å². The van der Waals surface area contributed by atoms with E-state index in [-0.39, 0.29) is 17.0 Å². The highest BCUT2D eigenvalue weighted by Crippen LogP contribution is 2.09. The lowest BCUT2D eigenvalue weighted by molar-refractivity contribution is 0.425. The van der Waals surface area contributed by atoms with E-state index in [9.17, 15) is 8.42 Å². The quantitative estimate of drug-likeness (QED) is 0.732. The van der Waals surface area contributed by atoms with Crippen molar-refractivity contribution in [2.45, 2.75) is 52.3 Å². The van der Waals surface area contributed by atoms with E-state index in [0.717, 1.165) is 13.0 Å². The maximum atomic E-state index is 11.8. The van der Waals surface area contributed by atoms with Crippen molar-refractivity contribution in [2.24, 2.45) is 5.92 Å².